The third kappa shape index (κ3) is 9.37. The number of nitrogens with one attached hydrogen (secondary N) is 1. The van der Waals surface area contributed by atoms with Crippen molar-refractivity contribution >= 4 is 35.4 Å². The van der Waals surface area contributed by atoms with E-state index >= 15 is 0 Å². The van der Waals surface area contributed by atoms with E-state index in [1.807, 2.05) is 30.3 Å². The molecule has 0 heterocycles. The number of hydrogen-bond donors (Lipinski definition) is 3. The summed E-state index contributed by atoms with van der Waals surface area (Å²) in [6.45, 7) is 2.97. The van der Waals surface area contributed by atoms with Crippen LogP contribution in [-0.4, -0.2) is 35.6 Å². The van der Waals surface area contributed by atoms with Gasteiger partial charge in [0.1, 0.15) is 18.9 Å². The zero-order chi connectivity index (χ0) is 24.4. The van der Waals surface area contributed by atoms with E-state index in [9.17, 15) is 14.2 Å². The molecule has 2 rings (SSSR count). The van der Waals surface area contributed by atoms with Crippen molar-refractivity contribution in [2.45, 2.75) is 39.1 Å². The molecule has 1 amide bonds. The minimum Gasteiger partial charge on any atom is -0.459 e. The first-order valence-corrected chi connectivity index (χ1v) is 12.8. The van der Waals surface area contributed by atoms with Gasteiger partial charge in [0.05, 0.1) is 12.1 Å². The Kier molecular flexibility index (Phi) is 10.7. The number of halogens is 1. The molecular formula is C22H28BrN2O7P. The van der Waals surface area contributed by atoms with Crippen LogP contribution in [0.5, 0.6) is 0 Å². The van der Waals surface area contributed by atoms with E-state index < -0.39 is 43.8 Å². The highest BCUT2D eigenvalue weighted by Gasteiger charge is 2.35. The van der Waals surface area contributed by atoms with Crippen LogP contribution in [0.3, 0.4) is 0 Å². The fraction of sp³-hybridized carbons (Fsp3) is 0.364. The number of nitrogens with two attached hydrogens (primary N) is 1. The summed E-state index contributed by atoms with van der Waals surface area (Å²) in [6.07, 6.45) is -1.29. The van der Waals surface area contributed by atoms with E-state index in [0.29, 0.717) is 0 Å². The van der Waals surface area contributed by atoms with Crippen molar-refractivity contribution in [2.24, 2.45) is 11.7 Å². The van der Waals surface area contributed by atoms with Gasteiger partial charge in [0.25, 0.3) is 0 Å². The van der Waals surface area contributed by atoms with Crippen molar-refractivity contribution in [1.82, 2.24) is 5.32 Å². The molecule has 4 N–H and O–H groups in total. The highest BCUT2D eigenvalue weighted by molar-refractivity contribution is 9.10. The molecule has 2 aromatic carbocycles. The van der Waals surface area contributed by atoms with Crippen molar-refractivity contribution in [1.29, 1.82) is 0 Å². The number of amides is 1. The maximum absolute atomic E-state index is 13.0. The lowest BCUT2D eigenvalue weighted by Crippen LogP contribution is -2.44. The second-order valence-electron chi connectivity index (χ2n) is 7.54. The molecule has 0 spiro atoms. The predicted octanol–water partition coefficient (Wildman–Crippen LogP) is 3.86. The summed E-state index contributed by atoms with van der Waals surface area (Å²) in [5.41, 5.74) is 7.10. The average molecular weight is 543 g/mol. The monoisotopic (exact) mass is 542 g/mol. The van der Waals surface area contributed by atoms with Crippen LogP contribution in [0.25, 0.3) is 0 Å². The quantitative estimate of drug-likeness (QED) is 0.121. The molecule has 0 fully saturated rings. The molecule has 0 saturated heterocycles. The Labute approximate surface area is 201 Å². The van der Waals surface area contributed by atoms with Gasteiger partial charge in [-0.2, -0.15) is 4.67 Å². The van der Waals surface area contributed by atoms with Crippen LogP contribution in [-0.2, 0) is 41.1 Å². The van der Waals surface area contributed by atoms with E-state index in [-0.39, 0.29) is 13.0 Å². The van der Waals surface area contributed by atoms with Crippen LogP contribution in [0.2, 0.25) is 0 Å². The normalized spacial score (nSPS) is 15.7. The topological polar surface area (TPSA) is 137 Å². The SMILES string of the molecule is CC(N)OP(=O)(CC(Cc1ccc(Br)cc1)C(=O)NC(C)C(=O)OCc1ccccc1)OO. The van der Waals surface area contributed by atoms with Crippen LogP contribution in [0.15, 0.2) is 59.1 Å². The van der Waals surface area contributed by atoms with Gasteiger partial charge in [-0.3, -0.25) is 13.9 Å². The lowest BCUT2D eigenvalue weighted by molar-refractivity contribution is -0.152. The third-order valence-corrected chi connectivity index (χ3v) is 6.92. The van der Waals surface area contributed by atoms with Crippen molar-refractivity contribution < 1.29 is 33.3 Å². The highest BCUT2D eigenvalue weighted by Crippen LogP contribution is 2.49. The predicted molar refractivity (Wildman–Crippen MR) is 126 cm³/mol. The Morgan fingerprint density at radius 1 is 1.09 bits per heavy atom. The fourth-order valence-electron chi connectivity index (χ4n) is 3.01. The first-order chi connectivity index (χ1) is 15.6. The smallest absolute Gasteiger partial charge is 0.360 e. The van der Waals surface area contributed by atoms with E-state index in [0.717, 1.165) is 15.6 Å². The maximum Gasteiger partial charge on any atom is 0.360 e. The van der Waals surface area contributed by atoms with E-state index in [1.54, 1.807) is 24.3 Å². The van der Waals surface area contributed by atoms with E-state index in [1.165, 1.54) is 13.8 Å². The van der Waals surface area contributed by atoms with Gasteiger partial charge in [-0.05, 0) is 43.5 Å². The molecule has 2 aromatic rings. The number of carbonyl (C=O) groups is 2. The lowest BCUT2D eigenvalue weighted by atomic mass is 10.00. The van der Waals surface area contributed by atoms with Crippen molar-refractivity contribution in [2.75, 3.05) is 6.16 Å². The van der Waals surface area contributed by atoms with Crippen molar-refractivity contribution in [3.63, 3.8) is 0 Å². The number of rotatable bonds is 12. The number of benzene rings is 2. The van der Waals surface area contributed by atoms with Gasteiger partial charge < -0.3 is 15.8 Å². The Bertz CT molecular complexity index is 957. The van der Waals surface area contributed by atoms with Crippen molar-refractivity contribution in [3.05, 3.63) is 70.2 Å². The molecule has 33 heavy (non-hydrogen) atoms. The molecule has 0 bridgehead atoms. The van der Waals surface area contributed by atoms with Crippen LogP contribution in [0.4, 0.5) is 0 Å². The van der Waals surface area contributed by atoms with Crippen molar-refractivity contribution in [3.8, 4) is 0 Å². The molecule has 0 aromatic heterocycles. The number of carbonyl (C=O) groups excluding carboxylic acids is 2. The molecule has 180 valence electrons. The summed E-state index contributed by atoms with van der Waals surface area (Å²) in [6, 6.07) is 15.4. The van der Waals surface area contributed by atoms with Gasteiger partial charge in [0.15, 0.2) is 0 Å². The first-order valence-electron chi connectivity index (χ1n) is 10.2. The Morgan fingerprint density at radius 3 is 2.30 bits per heavy atom. The maximum atomic E-state index is 13.0. The Balaban J connectivity index is 2.09. The molecule has 0 saturated carbocycles. The zero-order valence-corrected chi connectivity index (χ0v) is 20.8. The minimum atomic E-state index is -4.09. The summed E-state index contributed by atoms with van der Waals surface area (Å²) in [7, 11) is -4.09. The number of hydrogen-bond acceptors (Lipinski definition) is 8. The van der Waals surface area contributed by atoms with Crippen LogP contribution < -0.4 is 11.1 Å². The van der Waals surface area contributed by atoms with Gasteiger partial charge in [0, 0.05) is 4.47 Å². The van der Waals surface area contributed by atoms with Gasteiger partial charge in [-0.1, -0.05) is 58.4 Å². The summed E-state index contributed by atoms with van der Waals surface area (Å²) >= 11 is 3.35. The lowest BCUT2D eigenvalue weighted by Gasteiger charge is -2.24. The molecule has 11 heteroatoms. The van der Waals surface area contributed by atoms with E-state index in [2.05, 4.69) is 25.9 Å². The minimum absolute atomic E-state index is 0.0674. The van der Waals surface area contributed by atoms with Crippen LogP contribution in [0, 0.1) is 5.92 Å². The molecule has 0 aliphatic carbocycles. The summed E-state index contributed by atoms with van der Waals surface area (Å²) in [5, 5.41) is 11.7. The highest BCUT2D eigenvalue weighted by atomic mass is 79.9. The third-order valence-electron chi connectivity index (χ3n) is 4.60. The van der Waals surface area contributed by atoms with Crippen LogP contribution in [0.1, 0.15) is 25.0 Å². The second-order valence-corrected chi connectivity index (χ2v) is 10.4. The molecule has 0 aliphatic heterocycles. The second kappa shape index (κ2) is 13.0. The Morgan fingerprint density at radius 2 is 1.73 bits per heavy atom. The fourth-order valence-corrected chi connectivity index (χ4v) is 4.80. The molecule has 0 aliphatic rings. The molecule has 4 unspecified atom stereocenters. The van der Waals surface area contributed by atoms with Gasteiger partial charge >= 0.3 is 13.6 Å². The molecular weight excluding hydrogens is 515 g/mol. The Hall–Kier alpha value is -2.07. The molecule has 4 atom stereocenters. The summed E-state index contributed by atoms with van der Waals surface area (Å²) in [4.78, 5) is 25.4. The zero-order valence-electron chi connectivity index (χ0n) is 18.3. The van der Waals surface area contributed by atoms with Crippen LogP contribution >= 0.6 is 23.5 Å². The van der Waals surface area contributed by atoms with Gasteiger partial charge in [-0.15, -0.1) is 0 Å². The summed E-state index contributed by atoms with van der Waals surface area (Å²) < 4.78 is 28.0. The average Bonchev–Trinajstić information content (AvgIpc) is 2.78. The molecule has 9 nitrogen and oxygen atoms in total. The number of esters is 1. The van der Waals surface area contributed by atoms with E-state index in [4.69, 9.17) is 20.3 Å². The largest absolute Gasteiger partial charge is 0.459 e. The molecule has 0 radical (unpaired) electrons. The van der Waals surface area contributed by atoms with Gasteiger partial charge in [-0.25, -0.2) is 10.1 Å². The standard InChI is InChI=1S/C22H28BrN2O7P/c1-15(22(27)30-13-18-6-4-3-5-7-18)25-21(26)19(12-17-8-10-20(23)11-9-17)14-33(29,32-28)31-16(2)24/h3-11,15-16,19,28H,12-14,24H2,1-2H3,(H,25,26). The summed E-state index contributed by atoms with van der Waals surface area (Å²) in [5.74, 6) is -2.15. The van der Waals surface area contributed by atoms with Gasteiger partial charge in [0.2, 0.25) is 5.91 Å². The first kappa shape index (κ1) is 27.2. The number of ether oxygens (including phenoxy) is 1.